The maximum Gasteiger partial charge on any atom is 0.0724 e. The third-order valence-corrected chi connectivity index (χ3v) is 1.94. The molecule has 1 aliphatic heterocycles. The van der Waals surface area contributed by atoms with Gasteiger partial charge in [0.05, 0.1) is 12.6 Å². The molecule has 0 aromatic rings. The topological polar surface area (TPSA) is 32.7 Å². The van der Waals surface area contributed by atoms with Crippen LogP contribution in [0.3, 0.4) is 0 Å². The summed E-state index contributed by atoms with van der Waals surface area (Å²) in [6, 6.07) is 0. The molecule has 1 saturated heterocycles. The van der Waals surface area contributed by atoms with E-state index in [-0.39, 0.29) is 6.10 Å². The number of ether oxygens (including phenoxy) is 1. The summed E-state index contributed by atoms with van der Waals surface area (Å²) in [5.41, 5.74) is 0. The molecule has 0 aliphatic carbocycles. The van der Waals surface area contributed by atoms with Crippen molar-refractivity contribution in [2.24, 2.45) is 5.92 Å². The fraction of sp³-hybridized carbons (Fsp3) is 1.00. The molecule has 0 saturated carbocycles. The number of rotatable bonds is 1. The minimum Gasteiger partial charge on any atom is -0.380 e. The Morgan fingerprint density at radius 2 is 2.20 bits per heavy atom. The van der Waals surface area contributed by atoms with Gasteiger partial charge in [-0.05, 0) is 12.3 Å². The molecule has 3 heteroatoms. The van der Waals surface area contributed by atoms with Crippen LogP contribution < -0.4 is 0 Å². The highest BCUT2D eigenvalue weighted by molar-refractivity contribution is 4.72. The molecule has 2 atom stereocenters. The number of nitrogens with zero attached hydrogens (tertiary/aromatic N) is 1. The lowest BCUT2D eigenvalue weighted by atomic mass is 9.99. The molecule has 0 spiro atoms. The summed E-state index contributed by atoms with van der Waals surface area (Å²) in [6.07, 6.45) is 1.28. The van der Waals surface area contributed by atoms with Gasteiger partial charge in [-0.1, -0.05) is 6.92 Å². The van der Waals surface area contributed by atoms with Crippen LogP contribution in [-0.2, 0) is 4.74 Å². The molecule has 1 heterocycles. The molecule has 1 rings (SSSR count). The summed E-state index contributed by atoms with van der Waals surface area (Å²) in [4.78, 5) is 0. The third kappa shape index (κ3) is 1.94. The van der Waals surface area contributed by atoms with Gasteiger partial charge in [-0.2, -0.15) is 5.06 Å². The molecule has 3 nitrogen and oxygen atoms in total. The number of piperidine rings is 1. The fourth-order valence-electron chi connectivity index (χ4n) is 1.44. The Hall–Kier alpha value is -0.120. The lowest BCUT2D eigenvalue weighted by molar-refractivity contribution is -0.150. The van der Waals surface area contributed by atoms with Crippen molar-refractivity contribution in [2.45, 2.75) is 19.4 Å². The monoisotopic (exact) mass is 145 g/mol. The maximum atomic E-state index is 9.13. The van der Waals surface area contributed by atoms with Crippen molar-refractivity contribution in [1.29, 1.82) is 0 Å². The second kappa shape index (κ2) is 3.32. The number of hydrogen-bond donors (Lipinski definition) is 1. The van der Waals surface area contributed by atoms with Crippen LogP contribution in [0, 0.1) is 5.92 Å². The summed E-state index contributed by atoms with van der Waals surface area (Å²) in [6.45, 7) is 3.55. The smallest absolute Gasteiger partial charge is 0.0724 e. The first-order valence-corrected chi connectivity index (χ1v) is 3.69. The van der Waals surface area contributed by atoms with Gasteiger partial charge in [-0.3, -0.25) is 0 Å². The van der Waals surface area contributed by atoms with Gasteiger partial charge in [0.2, 0.25) is 0 Å². The van der Waals surface area contributed by atoms with Crippen LogP contribution in [0.2, 0.25) is 0 Å². The Morgan fingerprint density at radius 1 is 1.50 bits per heavy atom. The molecule has 0 aromatic carbocycles. The highest BCUT2D eigenvalue weighted by Crippen LogP contribution is 2.16. The van der Waals surface area contributed by atoms with E-state index in [0.29, 0.717) is 12.5 Å². The zero-order chi connectivity index (χ0) is 7.56. The van der Waals surface area contributed by atoms with Gasteiger partial charge >= 0.3 is 0 Å². The van der Waals surface area contributed by atoms with E-state index in [2.05, 4.69) is 6.92 Å². The van der Waals surface area contributed by atoms with Crippen LogP contribution in [0.25, 0.3) is 0 Å². The molecule has 10 heavy (non-hydrogen) atoms. The van der Waals surface area contributed by atoms with Gasteiger partial charge in [0.1, 0.15) is 0 Å². The largest absolute Gasteiger partial charge is 0.380 e. The second-order valence-electron chi connectivity index (χ2n) is 3.07. The van der Waals surface area contributed by atoms with Gasteiger partial charge < -0.3 is 9.94 Å². The van der Waals surface area contributed by atoms with Crippen molar-refractivity contribution in [3.05, 3.63) is 0 Å². The maximum absolute atomic E-state index is 9.13. The van der Waals surface area contributed by atoms with Gasteiger partial charge in [-0.15, -0.1) is 0 Å². The second-order valence-corrected chi connectivity index (χ2v) is 3.07. The molecular weight excluding hydrogens is 130 g/mol. The minimum atomic E-state index is 0.216. The number of hydroxylamine groups is 2. The molecule has 0 aromatic heterocycles. The van der Waals surface area contributed by atoms with Crippen LogP contribution in [0.5, 0.6) is 0 Å². The predicted molar refractivity (Wildman–Crippen MR) is 37.9 cm³/mol. The van der Waals surface area contributed by atoms with Crippen molar-refractivity contribution >= 4 is 0 Å². The first-order chi connectivity index (χ1) is 4.72. The molecular formula is C7H15NO2. The Bertz CT molecular complexity index is 97.8. The van der Waals surface area contributed by atoms with Crippen molar-refractivity contribution in [3.63, 3.8) is 0 Å². The van der Waals surface area contributed by atoms with Crippen molar-refractivity contribution < 1.29 is 9.94 Å². The van der Waals surface area contributed by atoms with Crippen LogP contribution in [0.1, 0.15) is 13.3 Å². The summed E-state index contributed by atoms with van der Waals surface area (Å²) in [5.74, 6) is 0.545. The van der Waals surface area contributed by atoms with Crippen molar-refractivity contribution in [1.82, 2.24) is 5.06 Å². The highest BCUT2D eigenvalue weighted by atomic mass is 16.5. The summed E-state index contributed by atoms with van der Waals surface area (Å²) >= 11 is 0. The number of methoxy groups -OCH3 is 1. The average Bonchev–Trinajstić information content (AvgIpc) is 1.85. The Labute approximate surface area is 61.5 Å². The summed E-state index contributed by atoms with van der Waals surface area (Å²) < 4.78 is 5.13. The van der Waals surface area contributed by atoms with E-state index in [0.717, 1.165) is 13.0 Å². The molecule has 1 aliphatic rings. The average molecular weight is 145 g/mol. The Kier molecular flexibility index (Phi) is 2.65. The lowest BCUT2D eigenvalue weighted by Gasteiger charge is -2.31. The first-order valence-electron chi connectivity index (χ1n) is 3.69. The Balaban J connectivity index is 2.35. The van der Waals surface area contributed by atoms with Crippen LogP contribution in [-0.4, -0.2) is 36.6 Å². The predicted octanol–water partition coefficient (Wildman–Crippen LogP) is 0.732. The van der Waals surface area contributed by atoms with Crippen LogP contribution in [0.4, 0.5) is 0 Å². The van der Waals surface area contributed by atoms with Gasteiger partial charge in [0.15, 0.2) is 0 Å². The molecule has 0 unspecified atom stereocenters. The molecule has 60 valence electrons. The highest BCUT2D eigenvalue weighted by Gasteiger charge is 2.22. The van der Waals surface area contributed by atoms with Crippen molar-refractivity contribution in [2.75, 3.05) is 20.2 Å². The summed E-state index contributed by atoms with van der Waals surface area (Å²) in [5, 5.41) is 10.5. The standard InChI is InChI=1S/C7H15NO2/c1-6-3-7(10-2)5-8(9)4-6/h6-7,9H,3-5H2,1-2H3/t6-,7+/m0/s1. The molecule has 0 radical (unpaired) electrons. The van der Waals surface area contributed by atoms with E-state index in [9.17, 15) is 0 Å². The van der Waals surface area contributed by atoms with E-state index >= 15 is 0 Å². The van der Waals surface area contributed by atoms with E-state index in [4.69, 9.17) is 9.94 Å². The molecule has 0 bridgehead atoms. The lowest BCUT2D eigenvalue weighted by Crippen LogP contribution is -2.40. The van der Waals surface area contributed by atoms with Gasteiger partial charge in [-0.25, -0.2) is 0 Å². The normalized spacial score (nSPS) is 36.3. The quantitative estimate of drug-likeness (QED) is 0.590. The zero-order valence-electron chi connectivity index (χ0n) is 6.58. The summed E-state index contributed by atoms with van der Waals surface area (Å²) in [7, 11) is 1.69. The van der Waals surface area contributed by atoms with E-state index in [1.807, 2.05) is 0 Å². The molecule has 0 amide bonds. The van der Waals surface area contributed by atoms with Crippen LogP contribution in [0.15, 0.2) is 0 Å². The van der Waals surface area contributed by atoms with E-state index in [1.165, 1.54) is 5.06 Å². The SMILES string of the molecule is CO[C@@H]1C[C@H](C)CN(O)C1. The first kappa shape index (κ1) is 7.98. The third-order valence-electron chi connectivity index (χ3n) is 1.94. The van der Waals surface area contributed by atoms with Gasteiger partial charge in [0, 0.05) is 13.7 Å². The zero-order valence-corrected chi connectivity index (χ0v) is 6.58. The fourth-order valence-corrected chi connectivity index (χ4v) is 1.44. The Morgan fingerprint density at radius 3 is 2.70 bits per heavy atom. The van der Waals surface area contributed by atoms with E-state index < -0.39 is 0 Å². The molecule has 1 fully saturated rings. The van der Waals surface area contributed by atoms with E-state index in [1.54, 1.807) is 7.11 Å². The minimum absolute atomic E-state index is 0.216. The molecule has 1 N–H and O–H groups in total. The van der Waals surface area contributed by atoms with Crippen molar-refractivity contribution in [3.8, 4) is 0 Å². The van der Waals surface area contributed by atoms with Gasteiger partial charge in [0.25, 0.3) is 0 Å². The number of hydrogen-bond acceptors (Lipinski definition) is 3. The van der Waals surface area contributed by atoms with Crippen LogP contribution >= 0.6 is 0 Å².